The molecule has 0 unspecified atom stereocenters. The maximum atomic E-state index is 11.0. The molecule has 0 fully saturated rings. The number of rotatable bonds is 3. The Morgan fingerprint density at radius 3 is 2.94 bits per heavy atom. The van der Waals surface area contributed by atoms with E-state index < -0.39 is 18.2 Å². The highest BCUT2D eigenvalue weighted by Crippen LogP contribution is 2.31. The summed E-state index contributed by atoms with van der Waals surface area (Å²) in [6, 6.07) is 7.20. The molecule has 0 aromatic heterocycles. The van der Waals surface area contributed by atoms with E-state index >= 15 is 0 Å². The summed E-state index contributed by atoms with van der Waals surface area (Å²) < 4.78 is 15.5. The third-order valence-corrected chi connectivity index (χ3v) is 2.56. The molecule has 1 aliphatic heterocycles. The van der Waals surface area contributed by atoms with E-state index in [1.165, 1.54) is 7.11 Å². The van der Waals surface area contributed by atoms with Gasteiger partial charge >= 0.3 is 5.97 Å². The van der Waals surface area contributed by atoms with Crippen LogP contribution in [0.4, 0.5) is 0 Å². The van der Waals surface area contributed by atoms with Crippen molar-refractivity contribution in [3.8, 4) is 11.5 Å². The van der Waals surface area contributed by atoms with Crippen LogP contribution in [0, 0.1) is 0 Å². The van der Waals surface area contributed by atoms with Gasteiger partial charge in [0.25, 0.3) is 0 Å². The highest BCUT2D eigenvalue weighted by Gasteiger charge is 2.29. The Kier molecular flexibility index (Phi) is 3.49. The minimum atomic E-state index is -0.934. The lowest BCUT2D eigenvalue weighted by Gasteiger charge is -2.29. The van der Waals surface area contributed by atoms with Crippen molar-refractivity contribution >= 4 is 5.97 Å². The van der Waals surface area contributed by atoms with Crippen molar-refractivity contribution in [3.63, 3.8) is 0 Å². The van der Waals surface area contributed by atoms with Crippen LogP contribution in [0.3, 0.4) is 0 Å². The smallest absolute Gasteiger partial charge is 0.308 e. The fourth-order valence-corrected chi connectivity index (χ4v) is 1.61. The van der Waals surface area contributed by atoms with Crippen LogP contribution in [0.15, 0.2) is 24.3 Å². The Morgan fingerprint density at radius 2 is 2.24 bits per heavy atom. The van der Waals surface area contributed by atoms with Gasteiger partial charge in [-0.2, -0.15) is 0 Å². The van der Waals surface area contributed by atoms with Crippen molar-refractivity contribution in [3.05, 3.63) is 24.3 Å². The van der Waals surface area contributed by atoms with E-state index in [1.807, 2.05) is 12.1 Å². The van der Waals surface area contributed by atoms with Gasteiger partial charge in [-0.05, 0) is 12.1 Å². The lowest BCUT2D eigenvalue weighted by atomic mass is 10.1. The molecule has 0 saturated carbocycles. The number of aliphatic hydroxyl groups excluding tert-OH is 1. The molecule has 0 bridgehead atoms. The zero-order chi connectivity index (χ0) is 12.3. The van der Waals surface area contributed by atoms with E-state index in [-0.39, 0.29) is 13.0 Å². The van der Waals surface area contributed by atoms with Gasteiger partial charge < -0.3 is 19.3 Å². The molecular weight excluding hydrogens is 224 g/mol. The second kappa shape index (κ2) is 5.05. The number of hydrogen-bond acceptors (Lipinski definition) is 5. The Hall–Kier alpha value is -1.75. The number of fused-ring (bicyclic) bond motifs is 1. The summed E-state index contributed by atoms with van der Waals surface area (Å²) in [5.41, 5.74) is 0. The summed E-state index contributed by atoms with van der Waals surface area (Å²) in [5, 5.41) is 9.80. The highest BCUT2D eigenvalue weighted by atomic mass is 16.6. The van der Waals surface area contributed by atoms with E-state index in [1.54, 1.807) is 12.1 Å². The first-order valence-electron chi connectivity index (χ1n) is 5.34. The van der Waals surface area contributed by atoms with Crippen LogP contribution in [-0.2, 0) is 9.53 Å². The first kappa shape index (κ1) is 11.7. The SMILES string of the molecule is COC(=O)C[C@H](O)[C@@H]1COc2ccccc2O1. The molecule has 5 heteroatoms. The van der Waals surface area contributed by atoms with Crippen LogP contribution in [0.25, 0.3) is 0 Å². The molecular formula is C12H14O5. The van der Waals surface area contributed by atoms with Gasteiger partial charge in [-0.3, -0.25) is 4.79 Å². The van der Waals surface area contributed by atoms with E-state index in [9.17, 15) is 9.90 Å². The Bertz CT molecular complexity index is 404. The molecule has 17 heavy (non-hydrogen) atoms. The second-order valence-electron chi connectivity index (χ2n) is 3.76. The molecule has 1 aromatic carbocycles. The van der Waals surface area contributed by atoms with Crippen LogP contribution in [0.1, 0.15) is 6.42 Å². The molecule has 2 atom stereocenters. The quantitative estimate of drug-likeness (QED) is 0.787. The zero-order valence-corrected chi connectivity index (χ0v) is 9.46. The average molecular weight is 238 g/mol. The normalized spacial score (nSPS) is 19.5. The summed E-state index contributed by atoms with van der Waals surface area (Å²) in [6.07, 6.45) is -1.59. The first-order chi connectivity index (χ1) is 8.20. The first-order valence-corrected chi connectivity index (χ1v) is 5.34. The number of benzene rings is 1. The van der Waals surface area contributed by atoms with E-state index in [2.05, 4.69) is 4.74 Å². The van der Waals surface area contributed by atoms with Crippen molar-refractivity contribution in [2.24, 2.45) is 0 Å². The largest absolute Gasteiger partial charge is 0.486 e. The highest BCUT2D eigenvalue weighted by molar-refractivity contribution is 5.69. The van der Waals surface area contributed by atoms with Crippen molar-refractivity contribution in [1.29, 1.82) is 0 Å². The fourth-order valence-electron chi connectivity index (χ4n) is 1.61. The summed E-state index contributed by atoms with van der Waals surface area (Å²) in [5.74, 6) is 0.752. The lowest BCUT2D eigenvalue weighted by molar-refractivity contribution is -0.144. The van der Waals surface area contributed by atoms with Crippen LogP contribution in [0.5, 0.6) is 11.5 Å². The van der Waals surface area contributed by atoms with Crippen molar-refractivity contribution in [2.45, 2.75) is 18.6 Å². The third kappa shape index (κ3) is 2.68. The molecule has 0 amide bonds. The molecule has 0 aliphatic carbocycles. The number of para-hydroxylation sites is 2. The summed E-state index contributed by atoms with van der Waals surface area (Å²) in [4.78, 5) is 11.0. The summed E-state index contributed by atoms with van der Waals surface area (Å²) in [7, 11) is 1.28. The van der Waals surface area contributed by atoms with Gasteiger partial charge in [0.1, 0.15) is 12.7 Å². The Balaban J connectivity index is 2.00. The van der Waals surface area contributed by atoms with Crippen LogP contribution in [0.2, 0.25) is 0 Å². The van der Waals surface area contributed by atoms with Crippen LogP contribution >= 0.6 is 0 Å². The number of ether oxygens (including phenoxy) is 3. The Labute approximate surface area is 98.9 Å². The minimum Gasteiger partial charge on any atom is -0.486 e. The molecule has 0 spiro atoms. The average Bonchev–Trinajstić information content (AvgIpc) is 2.38. The second-order valence-corrected chi connectivity index (χ2v) is 3.76. The maximum absolute atomic E-state index is 11.0. The summed E-state index contributed by atoms with van der Waals surface area (Å²) >= 11 is 0. The molecule has 1 N–H and O–H groups in total. The van der Waals surface area contributed by atoms with Gasteiger partial charge in [-0.15, -0.1) is 0 Å². The topological polar surface area (TPSA) is 65.0 Å². The van der Waals surface area contributed by atoms with Crippen molar-refractivity contribution < 1.29 is 24.1 Å². The van der Waals surface area contributed by atoms with Crippen LogP contribution in [-0.4, -0.2) is 37.0 Å². The molecule has 92 valence electrons. The zero-order valence-electron chi connectivity index (χ0n) is 9.46. The van der Waals surface area contributed by atoms with E-state index in [0.29, 0.717) is 11.5 Å². The number of hydrogen-bond donors (Lipinski definition) is 1. The van der Waals surface area contributed by atoms with Gasteiger partial charge in [-0.25, -0.2) is 0 Å². The lowest BCUT2D eigenvalue weighted by Crippen LogP contribution is -2.40. The Morgan fingerprint density at radius 1 is 1.53 bits per heavy atom. The third-order valence-electron chi connectivity index (χ3n) is 2.56. The molecule has 1 aromatic rings. The van der Waals surface area contributed by atoms with E-state index in [4.69, 9.17) is 9.47 Å². The molecule has 1 aliphatic rings. The summed E-state index contributed by atoms with van der Waals surface area (Å²) in [6.45, 7) is 0.217. The monoisotopic (exact) mass is 238 g/mol. The van der Waals surface area contributed by atoms with Crippen LogP contribution < -0.4 is 9.47 Å². The number of esters is 1. The van der Waals surface area contributed by atoms with Gasteiger partial charge in [0.15, 0.2) is 17.6 Å². The van der Waals surface area contributed by atoms with Gasteiger partial charge in [0.2, 0.25) is 0 Å². The minimum absolute atomic E-state index is 0.104. The number of aliphatic hydroxyl groups is 1. The number of methoxy groups -OCH3 is 1. The molecule has 0 saturated heterocycles. The number of carbonyl (C=O) groups is 1. The van der Waals surface area contributed by atoms with Gasteiger partial charge in [-0.1, -0.05) is 12.1 Å². The standard InChI is InChI=1S/C12H14O5/c1-15-12(14)6-8(13)11-7-16-9-4-2-3-5-10(9)17-11/h2-5,8,11,13H,6-7H2,1H3/t8-,11-/m0/s1. The predicted molar refractivity (Wildman–Crippen MR) is 59.0 cm³/mol. The maximum Gasteiger partial charge on any atom is 0.308 e. The molecule has 0 radical (unpaired) electrons. The molecule has 5 nitrogen and oxygen atoms in total. The van der Waals surface area contributed by atoms with Gasteiger partial charge in [0.05, 0.1) is 13.5 Å². The molecule has 1 heterocycles. The molecule has 2 rings (SSSR count). The van der Waals surface area contributed by atoms with Crippen molar-refractivity contribution in [1.82, 2.24) is 0 Å². The predicted octanol–water partition coefficient (Wildman–Crippen LogP) is 0.750. The number of carbonyl (C=O) groups excluding carboxylic acids is 1. The van der Waals surface area contributed by atoms with Gasteiger partial charge in [0, 0.05) is 0 Å². The van der Waals surface area contributed by atoms with E-state index in [0.717, 1.165) is 0 Å². The van der Waals surface area contributed by atoms with Crippen molar-refractivity contribution in [2.75, 3.05) is 13.7 Å². The fraction of sp³-hybridized carbons (Fsp3) is 0.417.